The van der Waals surface area contributed by atoms with Crippen molar-refractivity contribution in [2.45, 2.75) is 51.9 Å². The molecule has 4 unspecified atom stereocenters. The molecule has 0 nitrogen and oxygen atoms in total. The van der Waals surface area contributed by atoms with Crippen molar-refractivity contribution in [1.82, 2.24) is 0 Å². The molecule has 0 N–H and O–H groups in total. The summed E-state index contributed by atoms with van der Waals surface area (Å²) in [6.07, 6.45) is 7.38. The molecule has 0 bridgehead atoms. The minimum atomic E-state index is 0.857. The molecule has 17 heavy (non-hydrogen) atoms. The van der Waals surface area contributed by atoms with Gasteiger partial charge in [0.1, 0.15) is 0 Å². The van der Waals surface area contributed by atoms with Crippen molar-refractivity contribution in [1.29, 1.82) is 0 Å². The van der Waals surface area contributed by atoms with E-state index < -0.39 is 0 Å². The minimum absolute atomic E-state index is 0.857. The Kier molecular flexibility index (Phi) is 2.98. The zero-order valence-electron chi connectivity index (χ0n) is 11.2. The highest BCUT2D eigenvalue weighted by Crippen LogP contribution is 2.50. The number of hydrogen-bond acceptors (Lipinski definition) is 0. The van der Waals surface area contributed by atoms with E-state index in [1.807, 2.05) is 0 Å². The molecule has 1 aromatic rings. The first-order valence-corrected chi connectivity index (χ1v) is 7.29. The summed E-state index contributed by atoms with van der Waals surface area (Å²) in [7, 11) is 0. The lowest BCUT2D eigenvalue weighted by atomic mass is 9.77. The van der Waals surface area contributed by atoms with Crippen molar-refractivity contribution in [3.05, 3.63) is 35.4 Å². The van der Waals surface area contributed by atoms with E-state index in [2.05, 4.69) is 38.1 Å². The summed E-state index contributed by atoms with van der Waals surface area (Å²) in [5.41, 5.74) is 2.98. The second-order valence-electron chi connectivity index (χ2n) is 6.52. The smallest absolute Gasteiger partial charge is 0.0156 e. The van der Waals surface area contributed by atoms with Crippen LogP contribution >= 0.6 is 0 Å². The topological polar surface area (TPSA) is 0 Å². The van der Waals surface area contributed by atoms with Crippen LogP contribution in [0.3, 0.4) is 0 Å². The number of benzene rings is 1. The molecule has 0 heterocycles. The fourth-order valence-electron chi connectivity index (χ4n) is 4.10. The first-order chi connectivity index (χ1) is 8.22. The van der Waals surface area contributed by atoms with E-state index in [4.69, 9.17) is 0 Å². The third-order valence-electron chi connectivity index (χ3n) is 5.13. The lowest BCUT2D eigenvalue weighted by molar-refractivity contribution is 0.220. The van der Waals surface area contributed by atoms with Gasteiger partial charge < -0.3 is 0 Å². The van der Waals surface area contributed by atoms with E-state index in [1.54, 1.807) is 5.56 Å². The van der Waals surface area contributed by atoms with Crippen molar-refractivity contribution in [2.75, 3.05) is 0 Å². The molecule has 2 aliphatic rings. The Bertz CT molecular complexity index is 376. The fourth-order valence-corrected chi connectivity index (χ4v) is 4.10. The van der Waals surface area contributed by atoms with Gasteiger partial charge in [0.05, 0.1) is 0 Å². The summed E-state index contributed by atoms with van der Waals surface area (Å²) in [6.45, 7) is 4.62. The van der Waals surface area contributed by atoms with Crippen LogP contribution in [-0.4, -0.2) is 0 Å². The van der Waals surface area contributed by atoms with Crippen molar-refractivity contribution in [3.63, 3.8) is 0 Å². The second-order valence-corrected chi connectivity index (χ2v) is 6.52. The monoisotopic (exact) mass is 228 g/mol. The Morgan fingerprint density at radius 3 is 2.35 bits per heavy atom. The first kappa shape index (κ1) is 11.3. The summed E-state index contributed by atoms with van der Waals surface area (Å²) >= 11 is 0. The number of fused-ring (bicyclic) bond motifs is 1. The molecule has 0 heteroatoms. The quantitative estimate of drug-likeness (QED) is 0.639. The van der Waals surface area contributed by atoms with Gasteiger partial charge in [-0.1, -0.05) is 43.2 Å². The molecule has 0 aromatic heterocycles. The maximum absolute atomic E-state index is 2.44. The van der Waals surface area contributed by atoms with E-state index >= 15 is 0 Å². The van der Waals surface area contributed by atoms with Gasteiger partial charge in [0, 0.05) is 0 Å². The molecule has 0 saturated heterocycles. The van der Waals surface area contributed by atoms with Gasteiger partial charge in [-0.05, 0) is 61.8 Å². The Morgan fingerprint density at radius 1 is 0.882 bits per heavy atom. The van der Waals surface area contributed by atoms with Crippen LogP contribution in [0.5, 0.6) is 0 Å². The van der Waals surface area contributed by atoms with E-state index in [-0.39, 0.29) is 0 Å². The highest BCUT2D eigenvalue weighted by atomic mass is 14.4. The highest BCUT2D eigenvalue weighted by molar-refractivity contribution is 5.25. The number of hydrogen-bond donors (Lipinski definition) is 0. The molecular formula is C17H24. The summed E-state index contributed by atoms with van der Waals surface area (Å²) in [4.78, 5) is 0. The molecule has 3 rings (SSSR count). The molecular weight excluding hydrogens is 204 g/mol. The molecule has 0 aliphatic heterocycles. The molecule has 4 atom stereocenters. The van der Waals surface area contributed by atoms with E-state index in [9.17, 15) is 0 Å². The number of aryl methyl sites for hydroxylation is 1. The van der Waals surface area contributed by atoms with Crippen molar-refractivity contribution in [3.8, 4) is 0 Å². The fraction of sp³-hybridized carbons (Fsp3) is 0.647. The normalized spacial score (nSPS) is 36.8. The van der Waals surface area contributed by atoms with Gasteiger partial charge >= 0.3 is 0 Å². The zero-order valence-corrected chi connectivity index (χ0v) is 11.2. The maximum atomic E-state index is 2.44. The van der Waals surface area contributed by atoms with Gasteiger partial charge in [0.25, 0.3) is 0 Å². The van der Waals surface area contributed by atoms with Gasteiger partial charge in [0.15, 0.2) is 0 Å². The third kappa shape index (κ3) is 2.27. The van der Waals surface area contributed by atoms with E-state index in [0.717, 1.165) is 23.7 Å². The summed E-state index contributed by atoms with van der Waals surface area (Å²) in [5, 5.41) is 0. The van der Waals surface area contributed by atoms with Crippen LogP contribution in [0.15, 0.2) is 24.3 Å². The molecule has 0 spiro atoms. The molecule has 0 amide bonds. The highest BCUT2D eigenvalue weighted by Gasteiger charge is 2.37. The Hall–Kier alpha value is -0.780. The average molecular weight is 228 g/mol. The lowest BCUT2D eigenvalue weighted by Crippen LogP contribution is -2.18. The third-order valence-corrected chi connectivity index (χ3v) is 5.13. The van der Waals surface area contributed by atoms with Crippen molar-refractivity contribution >= 4 is 0 Å². The molecule has 2 fully saturated rings. The van der Waals surface area contributed by atoms with Crippen LogP contribution in [0.2, 0.25) is 0 Å². The Labute approximate surface area is 105 Å². The zero-order chi connectivity index (χ0) is 11.8. The van der Waals surface area contributed by atoms with Crippen LogP contribution in [0, 0.1) is 24.7 Å². The minimum Gasteiger partial charge on any atom is -0.0625 e. The summed E-state index contributed by atoms with van der Waals surface area (Å²) in [6, 6.07) is 9.28. The maximum Gasteiger partial charge on any atom is -0.0156 e. The molecule has 92 valence electrons. The van der Waals surface area contributed by atoms with Crippen molar-refractivity contribution in [2.24, 2.45) is 17.8 Å². The summed E-state index contributed by atoms with van der Waals surface area (Å²) < 4.78 is 0. The van der Waals surface area contributed by atoms with Crippen LogP contribution in [-0.2, 0) is 0 Å². The first-order valence-electron chi connectivity index (χ1n) is 7.29. The predicted molar refractivity (Wildman–Crippen MR) is 73.1 cm³/mol. The second kappa shape index (κ2) is 4.48. The van der Waals surface area contributed by atoms with Gasteiger partial charge in [0.2, 0.25) is 0 Å². The molecule has 2 saturated carbocycles. The van der Waals surface area contributed by atoms with Gasteiger partial charge in [-0.25, -0.2) is 0 Å². The molecule has 2 aliphatic carbocycles. The van der Waals surface area contributed by atoms with Gasteiger partial charge in [-0.3, -0.25) is 0 Å². The predicted octanol–water partition coefficient (Wildman–Crippen LogP) is 4.92. The van der Waals surface area contributed by atoms with E-state index in [1.165, 1.54) is 37.7 Å². The summed E-state index contributed by atoms with van der Waals surface area (Å²) in [5.74, 6) is 3.91. The van der Waals surface area contributed by atoms with Crippen LogP contribution < -0.4 is 0 Å². The standard InChI is InChI=1S/C17H24/c1-12-3-6-14(7-4-12)17-10-15-8-5-13(2)9-16(15)11-17/h3-4,6-7,13,15-17H,5,8-11H2,1-2H3. The Morgan fingerprint density at radius 2 is 1.59 bits per heavy atom. The van der Waals surface area contributed by atoms with Gasteiger partial charge in [-0.15, -0.1) is 0 Å². The van der Waals surface area contributed by atoms with Crippen LogP contribution in [0.4, 0.5) is 0 Å². The van der Waals surface area contributed by atoms with Crippen molar-refractivity contribution < 1.29 is 0 Å². The molecule has 0 radical (unpaired) electrons. The molecule has 1 aromatic carbocycles. The average Bonchev–Trinajstić information content (AvgIpc) is 2.72. The lowest BCUT2D eigenvalue weighted by Gasteiger charge is -2.29. The van der Waals surface area contributed by atoms with E-state index in [0.29, 0.717) is 0 Å². The van der Waals surface area contributed by atoms with Gasteiger partial charge in [-0.2, -0.15) is 0 Å². The van der Waals surface area contributed by atoms with Crippen LogP contribution in [0.25, 0.3) is 0 Å². The SMILES string of the molecule is Cc1ccc(C2CC3CCC(C)CC3C2)cc1. The Balaban J connectivity index is 1.73. The van der Waals surface area contributed by atoms with Crippen LogP contribution in [0.1, 0.15) is 56.1 Å². The largest absolute Gasteiger partial charge is 0.0625 e. The number of rotatable bonds is 1.